The summed E-state index contributed by atoms with van der Waals surface area (Å²) in [7, 11) is 0. The summed E-state index contributed by atoms with van der Waals surface area (Å²) < 4.78 is 26.4. The molecule has 1 N–H and O–H groups in total. The van der Waals surface area contributed by atoms with Gasteiger partial charge in [0.05, 0.1) is 6.54 Å². The highest BCUT2D eigenvalue weighted by Crippen LogP contribution is 2.37. The van der Waals surface area contributed by atoms with Gasteiger partial charge in [-0.15, -0.1) is 11.8 Å². The Hall–Kier alpha value is -1.92. The first-order chi connectivity index (χ1) is 13.6. The molecule has 2 aromatic rings. The Morgan fingerprint density at radius 2 is 1.75 bits per heavy atom. The van der Waals surface area contributed by atoms with E-state index in [-0.39, 0.29) is 22.9 Å². The highest BCUT2D eigenvalue weighted by molar-refractivity contribution is 7.99. The van der Waals surface area contributed by atoms with Crippen LogP contribution in [0, 0.1) is 11.6 Å². The molecule has 0 bridgehead atoms. The van der Waals surface area contributed by atoms with E-state index in [1.165, 1.54) is 29.2 Å². The second-order valence-electron chi connectivity index (χ2n) is 7.20. The van der Waals surface area contributed by atoms with Crippen LogP contribution in [0.5, 0.6) is 0 Å². The van der Waals surface area contributed by atoms with Crippen molar-refractivity contribution in [2.24, 2.45) is 0 Å². The summed E-state index contributed by atoms with van der Waals surface area (Å²) >= 11 is 1.72. The van der Waals surface area contributed by atoms with E-state index >= 15 is 0 Å². The number of quaternary nitrogens is 1. The van der Waals surface area contributed by atoms with Gasteiger partial charge in [0, 0.05) is 17.9 Å². The van der Waals surface area contributed by atoms with Gasteiger partial charge in [-0.3, -0.25) is 4.79 Å². The summed E-state index contributed by atoms with van der Waals surface area (Å²) in [6.45, 7) is 4.87. The van der Waals surface area contributed by atoms with Gasteiger partial charge in [0.2, 0.25) is 0 Å². The number of halogens is 2. The number of carbonyl (C=O) groups is 1. The maximum atomic E-state index is 13.2. The summed E-state index contributed by atoms with van der Waals surface area (Å²) in [4.78, 5) is 16.2. The average Bonchev–Trinajstić information content (AvgIpc) is 3.18. The standard InChI is InChI=1S/C22H26F2N2OS/c1-2-3-12-25(15-17-4-8-19(23)9-5-17)16-21(27)26-13-14-28-22(26)18-6-10-20(24)11-7-18/h4-11,22H,2-3,12-16H2,1H3/p+1/t22-/m0/s1. The number of rotatable bonds is 8. The fourth-order valence-electron chi connectivity index (χ4n) is 3.50. The first-order valence-electron chi connectivity index (χ1n) is 9.81. The van der Waals surface area contributed by atoms with Gasteiger partial charge in [-0.25, -0.2) is 8.78 Å². The van der Waals surface area contributed by atoms with Gasteiger partial charge >= 0.3 is 0 Å². The van der Waals surface area contributed by atoms with Crippen LogP contribution in [0.25, 0.3) is 0 Å². The van der Waals surface area contributed by atoms with E-state index in [9.17, 15) is 13.6 Å². The highest BCUT2D eigenvalue weighted by atomic mass is 32.2. The van der Waals surface area contributed by atoms with Crippen LogP contribution in [0.4, 0.5) is 8.78 Å². The van der Waals surface area contributed by atoms with Crippen molar-refractivity contribution in [1.82, 2.24) is 4.90 Å². The lowest BCUT2D eigenvalue weighted by atomic mass is 10.2. The van der Waals surface area contributed by atoms with E-state index in [0.29, 0.717) is 19.6 Å². The molecule has 1 amide bonds. The molecule has 1 unspecified atom stereocenters. The number of hydrogen-bond acceptors (Lipinski definition) is 2. The number of thioether (sulfide) groups is 1. The first-order valence-corrected chi connectivity index (χ1v) is 10.9. The quantitative estimate of drug-likeness (QED) is 0.728. The van der Waals surface area contributed by atoms with E-state index in [0.717, 1.165) is 36.3 Å². The Bertz CT molecular complexity index is 767. The summed E-state index contributed by atoms with van der Waals surface area (Å²) in [5.41, 5.74) is 2.00. The van der Waals surface area contributed by atoms with Gasteiger partial charge in [0.25, 0.3) is 5.91 Å². The molecule has 3 rings (SSSR count). The molecule has 1 heterocycles. The van der Waals surface area contributed by atoms with Gasteiger partial charge in [0.1, 0.15) is 23.6 Å². The van der Waals surface area contributed by atoms with Crippen molar-refractivity contribution >= 4 is 17.7 Å². The predicted octanol–water partition coefficient (Wildman–Crippen LogP) is 3.42. The lowest BCUT2D eigenvalue weighted by Crippen LogP contribution is -3.12. The smallest absolute Gasteiger partial charge is 0.278 e. The Balaban J connectivity index is 1.67. The van der Waals surface area contributed by atoms with Gasteiger partial charge in [-0.05, 0) is 36.2 Å². The van der Waals surface area contributed by atoms with Crippen LogP contribution in [0.15, 0.2) is 48.5 Å². The van der Waals surface area contributed by atoms with Crippen LogP contribution in [0.3, 0.4) is 0 Å². The van der Waals surface area contributed by atoms with E-state index in [1.807, 2.05) is 4.90 Å². The fraction of sp³-hybridized carbons (Fsp3) is 0.409. The number of carbonyl (C=O) groups excluding carboxylic acids is 1. The van der Waals surface area contributed by atoms with Crippen molar-refractivity contribution in [2.75, 3.05) is 25.4 Å². The molecule has 2 aromatic carbocycles. The summed E-state index contributed by atoms with van der Waals surface area (Å²) in [5, 5.41) is -0.0497. The maximum Gasteiger partial charge on any atom is 0.278 e. The second-order valence-corrected chi connectivity index (χ2v) is 8.38. The Kier molecular flexibility index (Phi) is 7.45. The third-order valence-electron chi connectivity index (χ3n) is 5.02. The van der Waals surface area contributed by atoms with Gasteiger partial charge in [-0.1, -0.05) is 37.6 Å². The number of benzene rings is 2. The third-order valence-corrected chi connectivity index (χ3v) is 6.28. The van der Waals surface area contributed by atoms with E-state index in [4.69, 9.17) is 0 Å². The zero-order valence-corrected chi connectivity index (χ0v) is 17.0. The van der Waals surface area contributed by atoms with Crippen molar-refractivity contribution < 1.29 is 18.5 Å². The van der Waals surface area contributed by atoms with Gasteiger partial charge in [-0.2, -0.15) is 0 Å². The Morgan fingerprint density at radius 3 is 2.39 bits per heavy atom. The number of hydrogen-bond donors (Lipinski definition) is 1. The monoisotopic (exact) mass is 405 g/mol. The van der Waals surface area contributed by atoms with E-state index in [2.05, 4.69) is 6.92 Å². The van der Waals surface area contributed by atoms with Crippen molar-refractivity contribution in [3.63, 3.8) is 0 Å². The lowest BCUT2D eigenvalue weighted by Gasteiger charge is -2.27. The Morgan fingerprint density at radius 1 is 1.11 bits per heavy atom. The molecule has 0 saturated carbocycles. The molecule has 0 radical (unpaired) electrons. The molecule has 0 spiro atoms. The molecular weight excluding hydrogens is 378 g/mol. The van der Waals surface area contributed by atoms with Crippen molar-refractivity contribution in [1.29, 1.82) is 0 Å². The zero-order valence-electron chi connectivity index (χ0n) is 16.2. The second kappa shape index (κ2) is 10.0. The summed E-state index contributed by atoms with van der Waals surface area (Å²) in [6.07, 6.45) is 2.11. The molecule has 150 valence electrons. The average molecular weight is 406 g/mol. The largest absolute Gasteiger partial charge is 0.323 e. The molecule has 6 heteroatoms. The zero-order chi connectivity index (χ0) is 19.9. The van der Waals surface area contributed by atoms with Crippen LogP contribution in [0.2, 0.25) is 0 Å². The van der Waals surface area contributed by atoms with E-state index < -0.39 is 0 Å². The van der Waals surface area contributed by atoms with E-state index in [1.54, 1.807) is 36.0 Å². The van der Waals surface area contributed by atoms with Crippen molar-refractivity contribution in [3.05, 3.63) is 71.3 Å². The molecule has 3 nitrogen and oxygen atoms in total. The minimum atomic E-state index is -0.265. The fourth-order valence-corrected chi connectivity index (χ4v) is 4.78. The van der Waals surface area contributed by atoms with Crippen LogP contribution in [-0.4, -0.2) is 36.2 Å². The third kappa shape index (κ3) is 5.55. The number of unbranched alkanes of at least 4 members (excludes halogenated alkanes) is 1. The number of nitrogens with one attached hydrogen (secondary N) is 1. The van der Waals surface area contributed by atoms with Crippen LogP contribution < -0.4 is 4.90 Å². The maximum absolute atomic E-state index is 13.2. The molecule has 1 fully saturated rings. The molecule has 0 aliphatic carbocycles. The van der Waals surface area contributed by atoms with Gasteiger partial charge < -0.3 is 9.80 Å². The molecular formula is C22H27F2N2OS+. The first kappa shape index (κ1) is 20.8. The Labute approximate surface area is 169 Å². The lowest BCUT2D eigenvalue weighted by molar-refractivity contribution is -0.906. The minimum absolute atomic E-state index is 0.0497. The molecule has 1 aliphatic rings. The minimum Gasteiger partial charge on any atom is -0.323 e. The molecule has 1 saturated heterocycles. The predicted molar refractivity (Wildman–Crippen MR) is 109 cm³/mol. The van der Waals surface area contributed by atoms with Crippen LogP contribution in [-0.2, 0) is 11.3 Å². The van der Waals surface area contributed by atoms with Crippen molar-refractivity contribution in [3.8, 4) is 0 Å². The topological polar surface area (TPSA) is 24.8 Å². The molecule has 28 heavy (non-hydrogen) atoms. The van der Waals surface area contributed by atoms with Crippen LogP contribution in [0.1, 0.15) is 36.3 Å². The molecule has 0 aromatic heterocycles. The molecule has 2 atom stereocenters. The van der Waals surface area contributed by atoms with Crippen LogP contribution >= 0.6 is 11.8 Å². The van der Waals surface area contributed by atoms with Gasteiger partial charge in [0.15, 0.2) is 6.54 Å². The molecule has 1 aliphatic heterocycles. The normalized spacial score (nSPS) is 17.7. The highest BCUT2D eigenvalue weighted by Gasteiger charge is 2.32. The summed E-state index contributed by atoms with van der Waals surface area (Å²) in [6, 6.07) is 12.9. The number of amides is 1. The van der Waals surface area contributed by atoms with Crippen molar-refractivity contribution in [2.45, 2.75) is 31.7 Å². The SMILES string of the molecule is CCCC[NH+](CC(=O)N1CCS[C@H]1c1ccc(F)cc1)Cc1ccc(F)cc1. The summed E-state index contributed by atoms with van der Waals surface area (Å²) in [5.74, 6) is 0.494. The number of nitrogens with zero attached hydrogens (tertiary/aromatic N) is 1.